The topological polar surface area (TPSA) is 97.0 Å². The number of rotatable bonds is 5. The van der Waals surface area contributed by atoms with Crippen molar-refractivity contribution in [3.8, 4) is 17.1 Å². The lowest BCUT2D eigenvalue weighted by Gasteiger charge is -2.10. The molecule has 0 saturated heterocycles. The molecule has 150 valence electrons. The quantitative estimate of drug-likeness (QED) is 0.681. The molecule has 3 aromatic rings. The molecule has 0 aliphatic carbocycles. The van der Waals surface area contributed by atoms with Gasteiger partial charge < -0.3 is 15.0 Å². The fourth-order valence-electron chi connectivity index (χ4n) is 2.56. The second kappa shape index (κ2) is 8.13. The molecule has 2 aromatic heterocycles. The molecule has 0 aliphatic heterocycles. The van der Waals surface area contributed by atoms with Crippen LogP contribution in [0.2, 0.25) is 0 Å². The first-order chi connectivity index (χ1) is 13.7. The molecule has 2 N–H and O–H groups in total. The van der Waals surface area contributed by atoms with Gasteiger partial charge in [-0.3, -0.25) is 14.6 Å². The van der Waals surface area contributed by atoms with Crippen molar-refractivity contribution in [1.29, 1.82) is 0 Å². The van der Waals surface area contributed by atoms with E-state index in [4.69, 9.17) is 0 Å². The average molecular weight is 404 g/mol. The zero-order chi connectivity index (χ0) is 21.0. The molecule has 1 aromatic carbocycles. The number of nitrogens with one attached hydrogen (secondary N) is 2. The first kappa shape index (κ1) is 20.1. The number of anilines is 1. The number of aromatic amines is 1. The van der Waals surface area contributed by atoms with Crippen LogP contribution >= 0.6 is 0 Å². The molecule has 1 amide bonds. The largest absolute Gasteiger partial charge is 0.573 e. The third-order valence-electron chi connectivity index (χ3n) is 3.87. The fourth-order valence-corrected chi connectivity index (χ4v) is 2.56. The molecule has 0 unspecified atom stereocenters. The van der Waals surface area contributed by atoms with E-state index >= 15 is 0 Å². The Morgan fingerprint density at radius 2 is 1.93 bits per heavy atom. The van der Waals surface area contributed by atoms with Crippen LogP contribution in [0.25, 0.3) is 11.4 Å². The van der Waals surface area contributed by atoms with Gasteiger partial charge in [0.05, 0.1) is 6.42 Å². The van der Waals surface area contributed by atoms with E-state index in [1.54, 1.807) is 31.5 Å². The Bertz CT molecular complexity index is 1060. The van der Waals surface area contributed by atoms with Crippen molar-refractivity contribution in [2.75, 3.05) is 5.32 Å². The lowest BCUT2D eigenvalue weighted by atomic mass is 10.1. The smallest absolute Gasteiger partial charge is 0.406 e. The van der Waals surface area contributed by atoms with E-state index in [0.29, 0.717) is 17.1 Å². The normalized spacial score (nSPS) is 11.2. The standard InChI is InChI=1S/C19H15F3N4O3/c1-11-15(18(28)26-17(24-11)12-3-2-8-23-10-12)9-16(27)25-13-4-6-14(7-5-13)29-19(20,21)22/h2-8,10H,9H2,1H3,(H,25,27)(H,24,26,28). The van der Waals surface area contributed by atoms with E-state index in [0.717, 1.165) is 12.1 Å². The molecule has 0 saturated carbocycles. The van der Waals surface area contributed by atoms with Crippen LogP contribution in [0.4, 0.5) is 18.9 Å². The highest BCUT2D eigenvalue weighted by Crippen LogP contribution is 2.24. The van der Waals surface area contributed by atoms with Gasteiger partial charge in [-0.2, -0.15) is 0 Å². The number of hydrogen-bond acceptors (Lipinski definition) is 5. The molecule has 0 spiro atoms. The van der Waals surface area contributed by atoms with Gasteiger partial charge in [-0.25, -0.2) is 4.98 Å². The van der Waals surface area contributed by atoms with Crippen LogP contribution in [0.3, 0.4) is 0 Å². The number of aromatic nitrogens is 3. The number of H-pyrrole nitrogens is 1. The summed E-state index contributed by atoms with van der Waals surface area (Å²) in [6, 6.07) is 8.12. The Morgan fingerprint density at radius 1 is 1.21 bits per heavy atom. The Labute approximate surface area is 162 Å². The number of alkyl halides is 3. The van der Waals surface area contributed by atoms with Gasteiger partial charge in [0.15, 0.2) is 0 Å². The summed E-state index contributed by atoms with van der Waals surface area (Å²) >= 11 is 0. The van der Waals surface area contributed by atoms with E-state index < -0.39 is 23.6 Å². The molecule has 7 nitrogen and oxygen atoms in total. The second-order valence-electron chi connectivity index (χ2n) is 6.02. The van der Waals surface area contributed by atoms with Gasteiger partial charge in [-0.05, 0) is 43.3 Å². The van der Waals surface area contributed by atoms with Gasteiger partial charge >= 0.3 is 6.36 Å². The lowest BCUT2D eigenvalue weighted by molar-refractivity contribution is -0.274. The molecule has 2 heterocycles. The molecule has 29 heavy (non-hydrogen) atoms. The molecule has 0 aliphatic rings. The van der Waals surface area contributed by atoms with Gasteiger partial charge in [-0.1, -0.05) is 0 Å². The van der Waals surface area contributed by atoms with Crippen LogP contribution in [-0.2, 0) is 11.2 Å². The summed E-state index contributed by atoms with van der Waals surface area (Å²) in [6.45, 7) is 1.61. The number of aryl methyl sites for hydroxylation is 1. The summed E-state index contributed by atoms with van der Waals surface area (Å²) in [5.41, 5.74) is 1.01. The number of amides is 1. The van der Waals surface area contributed by atoms with Crippen molar-refractivity contribution in [3.63, 3.8) is 0 Å². The van der Waals surface area contributed by atoms with E-state index in [-0.39, 0.29) is 17.7 Å². The molecule has 0 fully saturated rings. The first-order valence-corrected chi connectivity index (χ1v) is 8.37. The fraction of sp³-hybridized carbons (Fsp3) is 0.158. The van der Waals surface area contributed by atoms with Crippen LogP contribution in [0.15, 0.2) is 53.6 Å². The second-order valence-corrected chi connectivity index (χ2v) is 6.02. The minimum Gasteiger partial charge on any atom is -0.406 e. The predicted octanol–water partition coefficient (Wildman–Crippen LogP) is 3.22. The van der Waals surface area contributed by atoms with E-state index in [2.05, 4.69) is 25.0 Å². The first-order valence-electron chi connectivity index (χ1n) is 8.37. The highest BCUT2D eigenvalue weighted by Gasteiger charge is 2.31. The predicted molar refractivity (Wildman–Crippen MR) is 98.3 cm³/mol. The third kappa shape index (κ3) is 5.41. The number of carbonyl (C=O) groups excluding carboxylic acids is 1. The molecule has 3 rings (SSSR count). The summed E-state index contributed by atoms with van der Waals surface area (Å²) in [6.07, 6.45) is -1.90. The molecule has 10 heteroatoms. The Morgan fingerprint density at radius 3 is 2.52 bits per heavy atom. The number of hydrogen-bond donors (Lipinski definition) is 2. The van der Waals surface area contributed by atoms with Crippen LogP contribution in [0, 0.1) is 6.92 Å². The van der Waals surface area contributed by atoms with Gasteiger partial charge in [-0.15, -0.1) is 13.2 Å². The number of halogens is 3. The zero-order valence-corrected chi connectivity index (χ0v) is 15.1. The van der Waals surface area contributed by atoms with Crippen molar-refractivity contribution >= 4 is 11.6 Å². The van der Waals surface area contributed by atoms with Crippen molar-refractivity contribution in [2.45, 2.75) is 19.7 Å². The van der Waals surface area contributed by atoms with Crippen LogP contribution < -0.4 is 15.6 Å². The maximum absolute atomic E-state index is 12.4. The summed E-state index contributed by atoms with van der Waals surface area (Å²) in [5, 5.41) is 2.51. The monoisotopic (exact) mass is 404 g/mol. The van der Waals surface area contributed by atoms with Crippen molar-refractivity contribution < 1.29 is 22.7 Å². The number of ether oxygens (including phenoxy) is 1. The number of carbonyl (C=O) groups is 1. The van der Waals surface area contributed by atoms with E-state index in [9.17, 15) is 22.8 Å². The van der Waals surface area contributed by atoms with Gasteiger partial charge in [0.1, 0.15) is 11.6 Å². The highest BCUT2D eigenvalue weighted by molar-refractivity contribution is 5.92. The summed E-state index contributed by atoms with van der Waals surface area (Å²) in [5.74, 6) is -0.581. The van der Waals surface area contributed by atoms with Gasteiger partial charge in [0, 0.05) is 34.9 Å². The van der Waals surface area contributed by atoms with Crippen molar-refractivity contribution in [3.05, 3.63) is 70.4 Å². The molecule has 0 radical (unpaired) electrons. The van der Waals surface area contributed by atoms with Crippen molar-refractivity contribution in [1.82, 2.24) is 15.0 Å². The van der Waals surface area contributed by atoms with Crippen LogP contribution in [0.5, 0.6) is 5.75 Å². The van der Waals surface area contributed by atoms with E-state index in [1.165, 1.54) is 12.1 Å². The van der Waals surface area contributed by atoms with Gasteiger partial charge in [0.2, 0.25) is 5.91 Å². The molecular weight excluding hydrogens is 389 g/mol. The third-order valence-corrected chi connectivity index (χ3v) is 3.87. The number of pyridine rings is 1. The average Bonchev–Trinajstić information content (AvgIpc) is 2.66. The molecule has 0 bridgehead atoms. The number of benzene rings is 1. The zero-order valence-electron chi connectivity index (χ0n) is 15.1. The Hall–Kier alpha value is -3.69. The maximum Gasteiger partial charge on any atom is 0.573 e. The Balaban J connectivity index is 1.70. The van der Waals surface area contributed by atoms with Crippen LogP contribution in [-0.4, -0.2) is 27.2 Å². The minimum atomic E-state index is -4.79. The van der Waals surface area contributed by atoms with E-state index in [1.807, 2.05) is 0 Å². The summed E-state index contributed by atoms with van der Waals surface area (Å²) < 4.78 is 40.3. The summed E-state index contributed by atoms with van der Waals surface area (Å²) in [7, 11) is 0. The van der Waals surface area contributed by atoms with Crippen LogP contribution in [0.1, 0.15) is 11.3 Å². The highest BCUT2D eigenvalue weighted by atomic mass is 19.4. The molecule has 0 atom stereocenters. The van der Waals surface area contributed by atoms with Gasteiger partial charge in [0.25, 0.3) is 5.56 Å². The van der Waals surface area contributed by atoms with Crippen molar-refractivity contribution in [2.24, 2.45) is 0 Å². The Kier molecular flexibility index (Phi) is 5.62. The lowest BCUT2D eigenvalue weighted by Crippen LogP contribution is -2.24. The SMILES string of the molecule is Cc1nc(-c2cccnc2)[nH]c(=O)c1CC(=O)Nc1ccc(OC(F)(F)F)cc1. The summed E-state index contributed by atoms with van der Waals surface area (Å²) in [4.78, 5) is 35.5. The maximum atomic E-state index is 12.4. The minimum absolute atomic E-state index is 0.187. The molecular formula is C19H15F3N4O3. The number of nitrogens with zero attached hydrogens (tertiary/aromatic N) is 2.